The van der Waals surface area contributed by atoms with Crippen LogP contribution in [0.5, 0.6) is 5.75 Å². The fraction of sp³-hybridized carbons (Fsp3) is 0.290. The number of carbonyl (C=O) groups excluding carboxylic acids is 2. The Balaban J connectivity index is 1.35. The Bertz CT molecular complexity index is 1410. The SMILES string of the molecule is CC(C)C[C@H](NC(=O)c1ccc(OCc2ccccc2)cc1)C(=O)Cn1c[n+](CCc2ccccc2)oc1=O. The Kier molecular flexibility index (Phi) is 9.45. The lowest BCUT2D eigenvalue weighted by atomic mass is 9.99. The fourth-order valence-electron chi connectivity index (χ4n) is 4.18. The molecule has 0 unspecified atom stereocenters. The number of hydrogen-bond acceptors (Lipinski definition) is 5. The van der Waals surface area contributed by atoms with Crippen LogP contribution in [0, 0.1) is 5.92 Å². The van der Waals surface area contributed by atoms with Crippen molar-refractivity contribution in [3.8, 4) is 5.75 Å². The van der Waals surface area contributed by atoms with Crippen LogP contribution in [0.1, 0.15) is 41.8 Å². The van der Waals surface area contributed by atoms with Gasteiger partial charge in [0.05, 0.1) is 6.04 Å². The molecule has 1 heterocycles. The molecule has 4 aromatic rings. The first-order valence-electron chi connectivity index (χ1n) is 13.1. The third-order valence-corrected chi connectivity index (χ3v) is 6.25. The Morgan fingerprint density at radius 3 is 2.21 bits per heavy atom. The molecule has 0 radical (unpaired) electrons. The third-order valence-electron chi connectivity index (χ3n) is 6.25. The van der Waals surface area contributed by atoms with Crippen LogP contribution in [0.2, 0.25) is 0 Å². The second-order valence-electron chi connectivity index (χ2n) is 9.90. The van der Waals surface area contributed by atoms with Gasteiger partial charge in [-0.25, -0.2) is 4.52 Å². The second-order valence-corrected chi connectivity index (χ2v) is 9.90. The van der Waals surface area contributed by atoms with Crippen molar-refractivity contribution in [3.63, 3.8) is 0 Å². The zero-order valence-corrected chi connectivity index (χ0v) is 22.3. The molecule has 0 spiro atoms. The maximum absolute atomic E-state index is 13.2. The van der Waals surface area contributed by atoms with Crippen LogP contribution in [0.25, 0.3) is 0 Å². The predicted octanol–water partition coefficient (Wildman–Crippen LogP) is 3.96. The summed E-state index contributed by atoms with van der Waals surface area (Å²) in [4.78, 5) is 38.5. The number of aryl methyl sites for hydroxylation is 2. The van der Waals surface area contributed by atoms with Crippen molar-refractivity contribution in [2.24, 2.45) is 5.92 Å². The van der Waals surface area contributed by atoms with Gasteiger partial charge < -0.3 is 10.1 Å². The van der Waals surface area contributed by atoms with Gasteiger partial charge in [0.25, 0.3) is 12.2 Å². The summed E-state index contributed by atoms with van der Waals surface area (Å²) < 4.78 is 13.7. The quantitative estimate of drug-likeness (QED) is 0.265. The highest BCUT2D eigenvalue weighted by atomic mass is 16.5. The van der Waals surface area contributed by atoms with Crippen LogP contribution in [0.15, 0.2) is 101 Å². The highest BCUT2D eigenvalue weighted by Gasteiger charge is 2.26. The van der Waals surface area contributed by atoms with E-state index in [-0.39, 0.29) is 24.2 Å². The number of carbonyl (C=O) groups is 2. The lowest BCUT2D eigenvalue weighted by molar-refractivity contribution is -0.866. The monoisotopic (exact) mass is 528 g/mol. The van der Waals surface area contributed by atoms with Crippen LogP contribution in [-0.2, 0) is 30.9 Å². The topological polar surface area (TPSA) is 94.4 Å². The summed E-state index contributed by atoms with van der Waals surface area (Å²) in [5.74, 6) is -0.439. The summed E-state index contributed by atoms with van der Waals surface area (Å²) in [5, 5.41) is 2.85. The molecule has 8 nitrogen and oxygen atoms in total. The zero-order valence-electron chi connectivity index (χ0n) is 22.3. The largest absolute Gasteiger partial charge is 0.549 e. The molecule has 0 aliphatic rings. The Morgan fingerprint density at radius 1 is 0.923 bits per heavy atom. The van der Waals surface area contributed by atoms with Crippen LogP contribution in [-0.4, -0.2) is 22.3 Å². The molecular weight excluding hydrogens is 494 g/mol. The standard InChI is InChI=1S/C31H33N3O5/c1-23(2)19-28(29(35)20-33-22-34(39-31(33)37)18-17-24-9-5-3-6-10-24)32-30(36)26-13-15-27(16-14-26)38-21-25-11-7-4-8-12-25/h3-16,22-23,28H,17-21H2,1-2H3/p+1/t28-/m0/s1. The van der Waals surface area contributed by atoms with E-state index < -0.39 is 11.8 Å². The number of hydrogen-bond donors (Lipinski definition) is 1. The molecule has 0 saturated heterocycles. The Morgan fingerprint density at radius 2 is 1.56 bits per heavy atom. The lowest BCUT2D eigenvalue weighted by Crippen LogP contribution is -2.43. The van der Waals surface area contributed by atoms with Gasteiger partial charge >= 0.3 is 5.76 Å². The van der Waals surface area contributed by atoms with E-state index in [9.17, 15) is 14.4 Å². The van der Waals surface area contributed by atoms with Gasteiger partial charge in [0.2, 0.25) is 0 Å². The third kappa shape index (κ3) is 8.26. The molecule has 4 rings (SSSR count). The molecule has 1 N–H and O–H groups in total. The van der Waals surface area contributed by atoms with Crippen molar-refractivity contribution in [2.75, 3.05) is 0 Å². The molecule has 0 aliphatic heterocycles. The van der Waals surface area contributed by atoms with E-state index >= 15 is 0 Å². The first kappa shape index (κ1) is 27.6. The molecule has 0 bridgehead atoms. The molecular formula is C31H34N3O5+. The highest BCUT2D eigenvalue weighted by molar-refractivity contribution is 5.98. The van der Waals surface area contributed by atoms with Gasteiger partial charge in [0.1, 0.15) is 18.9 Å². The fourth-order valence-corrected chi connectivity index (χ4v) is 4.18. The van der Waals surface area contributed by atoms with Crippen LogP contribution < -0.4 is 20.5 Å². The van der Waals surface area contributed by atoms with Crippen LogP contribution in [0.3, 0.4) is 0 Å². The van der Waals surface area contributed by atoms with E-state index in [1.54, 1.807) is 24.3 Å². The molecule has 3 aromatic carbocycles. The lowest BCUT2D eigenvalue weighted by Gasteiger charge is -2.19. The summed E-state index contributed by atoms with van der Waals surface area (Å²) in [5.41, 5.74) is 2.59. The molecule has 0 fully saturated rings. The van der Waals surface area contributed by atoms with Crippen molar-refractivity contribution < 1.29 is 23.6 Å². The summed E-state index contributed by atoms with van der Waals surface area (Å²) in [6, 6.07) is 25.7. The van der Waals surface area contributed by atoms with E-state index in [0.717, 1.165) is 11.1 Å². The number of nitrogens with zero attached hydrogens (tertiary/aromatic N) is 2. The minimum absolute atomic E-state index is 0.157. The first-order valence-corrected chi connectivity index (χ1v) is 13.1. The molecule has 202 valence electrons. The number of amides is 1. The van der Waals surface area contributed by atoms with Crippen molar-refractivity contribution >= 4 is 11.7 Å². The van der Waals surface area contributed by atoms with Gasteiger partial charge in [-0.3, -0.25) is 9.59 Å². The molecule has 1 aromatic heterocycles. The number of benzene rings is 3. The summed E-state index contributed by atoms with van der Waals surface area (Å²) in [6.07, 6.45) is 2.64. The number of ketones is 1. The van der Waals surface area contributed by atoms with E-state index in [0.29, 0.717) is 37.3 Å². The smallest absolute Gasteiger partial charge is 0.489 e. The minimum Gasteiger partial charge on any atom is -0.489 e. The van der Waals surface area contributed by atoms with Gasteiger partial charge in [-0.15, -0.1) is 0 Å². The average molecular weight is 529 g/mol. The normalized spacial score (nSPS) is 11.8. The average Bonchev–Trinajstić information content (AvgIpc) is 3.30. The van der Waals surface area contributed by atoms with Gasteiger partial charge in [0.15, 0.2) is 12.3 Å². The molecule has 1 amide bonds. The van der Waals surface area contributed by atoms with Crippen molar-refractivity contribution in [3.05, 3.63) is 118 Å². The van der Waals surface area contributed by atoms with Gasteiger partial charge in [0, 0.05) is 12.0 Å². The Labute approximate surface area is 227 Å². The van der Waals surface area contributed by atoms with Crippen LogP contribution in [0.4, 0.5) is 0 Å². The van der Waals surface area contributed by atoms with Crippen LogP contribution >= 0.6 is 0 Å². The van der Waals surface area contributed by atoms with E-state index in [1.807, 2.05) is 74.5 Å². The summed E-state index contributed by atoms with van der Waals surface area (Å²) >= 11 is 0. The van der Waals surface area contributed by atoms with Gasteiger partial charge in [-0.1, -0.05) is 79.3 Å². The molecule has 39 heavy (non-hydrogen) atoms. The molecule has 0 saturated carbocycles. The van der Waals surface area contributed by atoms with E-state index in [1.165, 1.54) is 15.6 Å². The second kappa shape index (κ2) is 13.4. The minimum atomic E-state index is -0.744. The van der Waals surface area contributed by atoms with Gasteiger partial charge in [-0.05, 0) is 47.7 Å². The van der Waals surface area contributed by atoms with E-state index in [4.69, 9.17) is 9.26 Å². The van der Waals surface area contributed by atoms with Gasteiger partial charge in [-0.2, -0.15) is 9.36 Å². The first-order chi connectivity index (χ1) is 18.9. The summed E-state index contributed by atoms with van der Waals surface area (Å²) in [7, 11) is 0. The number of aromatic nitrogens is 2. The van der Waals surface area contributed by atoms with E-state index in [2.05, 4.69) is 5.32 Å². The summed E-state index contributed by atoms with van der Waals surface area (Å²) in [6.45, 7) is 4.67. The maximum Gasteiger partial charge on any atom is 0.549 e. The molecule has 0 aliphatic carbocycles. The number of nitrogens with one attached hydrogen (secondary N) is 1. The van der Waals surface area contributed by atoms with Crippen molar-refractivity contribution in [2.45, 2.75) is 52.4 Å². The highest BCUT2D eigenvalue weighted by Crippen LogP contribution is 2.15. The maximum atomic E-state index is 13.2. The predicted molar refractivity (Wildman–Crippen MR) is 146 cm³/mol. The number of Topliss-reactive ketones (excluding diaryl/α,β-unsaturated/α-hetero) is 1. The van der Waals surface area contributed by atoms with Crippen molar-refractivity contribution in [1.82, 2.24) is 9.88 Å². The number of rotatable bonds is 13. The molecule has 1 atom stereocenters. The molecule has 8 heteroatoms. The van der Waals surface area contributed by atoms with Crippen molar-refractivity contribution in [1.29, 1.82) is 0 Å². The zero-order chi connectivity index (χ0) is 27.6. The number of ether oxygens (including phenoxy) is 1. The Hall–Kier alpha value is -4.46.